The first kappa shape index (κ1) is 20.9. The van der Waals surface area contributed by atoms with Gasteiger partial charge in [-0.1, -0.05) is 23.2 Å². The molecule has 0 saturated carbocycles. The van der Waals surface area contributed by atoms with E-state index >= 15 is 0 Å². The monoisotopic (exact) mass is 451 g/mol. The molecule has 2 aliphatic heterocycles. The van der Waals surface area contributed by atoms with Crippen molar-refractivity contribution in [2.75, 3.05) is 26.3 Å². The molecule has 0 bridgehead atoms. The van der Waals surface area contributed by atoms with Gasteiger partial charge in [0.05, 0.1) is 22.2 Å². The van der Waals surface area contributed by atoms with E-state index in [1.807, 2.05) is 0 Å². The molecule has 2 aromatic carbocycles. The molecule has 1 fully saturated rings. The van der Waals surface area contributed by atoms with Gasteiger partial charge in [-0.15, -0.1) is 0 Å². The summed E-state index contributed by atoms with van der Waals surface area (Å²) in [7, 11) is 0. The number of carbonyl (C=O) groups excluding carboxylic acids is 2. The third-order valence-corrected chi connectivity index (χ3v) is 6.04. The zero-order chi connectivity index (χ0) is 21.3. The summed E-state index contributed by atoms with van der Waals surface area (Å²) >= 11 is 12.3. The Morgan fingerprint density at radius 2 is 1.93 bits per heavy atom. The Morgan fingerprint density at radius 1 is 1.17 bits per heavy atom. The zero-order valence-electron chi connectivity index (χ0n) is 16.1. The Labute approximate surface area is 183 Å². The van der Waals surface area contributed by atoms with Crippen LogP contribution in [-0.2, 0) is 11.2 Å². The summed E-state index contributed by atoms with van der Waals surface area (Å²) in [6, 6.07) is 7.33. The number of rotatable bonds is 4. The van der Waals surface area contributed by atoms with E-state index in [1.165, 1.54) is 18.2 Å². The number of ether oxygens (including phenoxy) is 2. The molecule has 0 unspecified atom stereocenters. The minimum absolute atomic E-state index is 0.0229. The van der Waals surface area contributed by atoms with E-state index in [4.69, 9.17) is 32.7 Å². The van der Waals surface area contributed by atoms with E-state index < -0.39 is 5.82 Å². The Bertz CT molecular complexity index is 989. The summed E-state index contributed by atoms with van der Waals surface area (Å²) in [6.07, 6.45) is 1.79. The van der Waals surface area contributed by atoms with Gasteiger partial charge >= 0.3 is 0 Å². The van der Waals surface area contributed by atoms with E-state index in [9.17, 15) is 14.0 Å². The number of benzene rings is 2. The van der Waals surface area contributed by atoms with Crippen molar-refractivity contribution in [3.8, 4) is 11.5 Å². The number of carbonyl (C=O) groups is 2. The second kappa shape index (κ2) is 8.82. The predicted octanol–water partition coefficient (Wildman–Crippen LogP) is 4.57. The maximum atomic E-state index is 13.1. The van der Waals surface area contributed by atoms with Gasteiger partial charge in [-0.3, -0.25) is 9.59 Å². The van der Waals surface area contributed by atoms with Crippen LogP contribution in [0.25, 0.3) is 0 Å². The van der Waals surface area contributed by atoms with Gasteiger partial charge < -0.3 is 14.4 Å². The number of amides is 1. The Kier molecular flexibility index (Phi) is 6.16. The Morgan fingerprint density at radius 3 is 2.67 bits per heavy atom. The van der Waals surface area contributed by atoms with Crippen LogP contribution in [0.2, 0.25) is 10.0 Å². The number of halogens is 3. The molecule has 0 atom stereocenters. The molecule has 2 aliphatic rings. The highest BCUT2D eigenvalue weighted by Gasteiger charge is 2.27. The number of piperidine rings is 1. The molecule has 30 heavy (non-hydrogen) atoms. The molecule has 0 aliphatic carbocycles. The molecule has 158 valence electrons. The number of ketones is 1. The minimum atomic E-state index is -0.407. The first-order chi connectivity index (χ1) is 14.4. The van der Waals surface area contributed by atoms with Gasteiger partial charge in [-0.25, -0.2) is 4.39 Å². The molecule has 2 heterocycles. The SMILES string of the molecule is O=C1COc2cc(Cl)c(C(=O)N3CCC(COc4ccc(F)cc4Cl)CC3)cc2C1. The highest BCUT2D eigenvalue weighted by molar-refractivity contribution is 6.34. The van der Waals surface area contributed by atoms with Crippen molar-refractivity contribution in [2.45, 2.75) is 19.3 Å². The number of hydrogen-bond donors (Lipinski definition) is 0. The highest BCUT2D eigenvalue weighted by Crippen LogP contribution is 2.32. The fourth-order valence-corrected chi connectivity index (χ4v) is 4.19. The van der Waals surface area contributed by atoms with Crippen LogP contribution in [0.15, 0.2) is 30.3 Å². The molecule has 1 amide bonds. The van der Waals surface area contributed by atoms with Crippen molar-refractivity contribution in [2.24, 2.45) is 5.92 Å². The van der Waals surface area contributed by atoms with E-state index in [0.29, 0.717) is 47.3 Å². The van der Waals surface area contributed by atoms with Gasteiger partial charge in [0.15, 0.2) is 5.78 Å². The van der Waals surface area contributed by atoms with E-state index in [0.717, 1.165) is 12.8 Å². The summed E-state index contributed by atoms with van der Waals surface area (Å²) in [5, 5.41) is 0.566. The molecule has 0 N–H and O–H groups in total. The maximum absolute atomic E-state index is 13.1. The third-order valence-electron chi connectivity index (χ3n) is 5.43. The highest BCUT2D eigenvalue weighted by atomic mass is 35.5. The van der Waals surface area contributed by atoms with Gasteiger partial charge in [-0.05, 0) is 49.1 Å². The summed E-state index contributed by atoms with van der Waals surface area (Å²) in [5.41, 5.74) is 1.08. The van der Waals surface area contributed by atoms with E-state index in [-0.39, 0.29) is 35.7 Å². The van der Waals surface area contributed by atoms with Crippen LogP contribution in [0.3, 0.4) is 0 Å². The number of fused-ring (bicyclic) bond motifs is 1. The lowest BCUT2D eigenvalue weighted by molar-refractivity contribution is -0.121. The second-order valence-electron chi connectivity index (χ2n) is 7.57. The van der Waals surface area contributed by atoms with Crippen molar-refractivity contribution in [1.29, 1.82) is 0 Å². The van der Waals surface area contributed by atoms with E-state index in [1.54, 1.807) is 17.0 Å². The lowest BCUT2D eigenvalue weighted by Gasteiger charge is -2.32. The largest absolute Gasteiger partial charge is 0.492 e. The first-order valence-electron chi connectivity index (χ1n) is 9.74. The van der Waals surface area contributed by atoms with Crippen LogP contribution in [0.4, 0.5) is 4.39 Å². The average molecular weight is 452 g/mol. The Hall–Kier alpha value is -2.31. The van der Waals surface area contributed by atoms with Crippen molar-refractivity contribution >= 4 is 34.9 Å². The molecule has 2 aromatic rings. The van der Waals surface area contributed by atoms with Crippen LogP contribution in [-0.4, -0.2) is 42.9 Å². The quantitative estimate of drug-likeness (QED) is 0.682. The fourth-order valence-electron chi connectivity index (χ4n) is 3.73. The van der Waals surface area contributed by atoms with Crippen LogP contribution in [0.1, 0.15) is 28.8 Å². The lowest BCUT2D eigenvalue weighted by atomic mass is 9.96. The molecule has 0 aromatic heterocycles. The summed E-state index contributed by atoms with van der Waals surface area (Å²) in [4.78, 5) is 26.4. The van der Waals surface area contributed by atoms with Crippen LogP contribution in [0, 0.1) is 11.7 Å². The standard InChI is InChI=1S/C22H20Cl2FNO4/c23-18-10-21-14(7-16(27)12-30-21)8-17(18)22(28)26-5-3-13(4-6-26)11-29-20-2-1-15(25)9-19(20)24/h1-2,8-10,13H,3-7,11-12H2. The van der Waals surface area contributed by atoms with Crippen molar-refractivity contribution in [3.05, 3.63) is 57.3 Å². The molecular weight excluding hydrogens is 432 g/mol. The molecule has 4 rings (SSSR count). The Balaban J connectivity index is 1.35. The normalized spacial score (nSPS) is 16.8. The van der Waals surface area contributed by atoms with Crippen molar-refractivity contribution < 1.29 is 23.5 Å². The van der Waals surface area contributed by atoms with Crippen molar-refractivity contribution in [3.63, 3.8) is 0 Å². The molecule has 0 radical (unpaired) electrons. The molecule has 0 spiro atoms. The molecule has 8 heteroatoms. The van der Waals surface area contributed by atoms with Crippen LogP contribution in [0.5, 0.6) is 11.5 Å². The zero-order valence-corrected chi connectivity index (χ0v) is 17.6. The van der Waals surface area contributed by atoms with Gasteiger partial charge in [0, 0.05) is 25.1 Å². The number of nitrogens with zero attached hydrogens (tertiary/aromatic N) is 1. The van der Waals surface area contributed by atoms with Gasteiger partial charge in [0.2, 0.25) is 0 Å². The number of hydrogen-bond acceptors (Lipinski definition) is 4. The molecule has 5 nitrogen and oxygen atoms in total. The minimum Gasteiger partial charge on any atom is -0.492 e. The van der Waals surface area contributed by atoms with Crippen LogP contribution < -0.4 is 9.47 Å². The van der Waals surface area contributed by atoms with Gasteiger partial charge in [0.1, 0.15) is 23.9 Å². The fraction of sp³-hybridized carbons (Fsp3) is 0.364. The lowest BCUT2D eigenvalue weighted by Crippen LogP contribution is -2.40. The van der Waals surface area contributed by atoms with Crippen molar-refractivity contribution in [1.82, 2.24) is 4.90 Å². The predicted molar refractivity (Wildman–Crippen MR) is 111 cm³/mol. The maximum Gasteiger partial charge on any atom is 0.255 e. The summed E-state index contributed by atoms with van der Waals surface area (Å²) in [6.45, 7) is 1.64. The van der Waals surface area contributed by atoms with Gasteiger partial charge in [0.25, 0.3) is 5.91 Å². The van der Waals surface area contributed by atoms with Gasteiger partial charge in [-0.2, -0.15) is 0 Å². The molecule has 1 saturated heterocycles. The average Bonchev–Trinajstić information content (AvgIpc) is 2.73. The summed E-state index contributed by atoms with van der Waals surface area (Å²) < 4.78 is 24.3. The first-order valence-corrected chi connectivity index (χ1v) is 10.5. The summed E-state index contributed by atoms with van der Waals surface area (Å²) in [5.74, 6) is 0.698. The third kappa shape index (κ3) is 4.55. The number of Topliss-reactive ketones (excluding diaryl/α,β-unsaturated/α-hetero) is 1. The number of likely N-dealkylation sites (tertiary alicyclic amines) is 1. The smallest absolute Gasteiger partial charge is 0.255 e. The second-order valence-corrected chi connectivity index (χ2v) is 8.38. The molecular formula is C22H20Cl2FNO4. The van der Waals surface area contributed by atoms with E-state index in [2.05, 4.69) is 0 Å². The van der Waals surface area contributed by atoms with Crippen LogP contribution >= 0.6 is 23.2 Å². The topological polar surface area (TPSA) is 55.8 Å².